The molecule has 0 unspecified atom stereocenters. The van der Waals surface area contributed by atoms with Crippen LogP contribution in [0.5, 0.6) is 17.2 Å². The third-order valence-corrected chi connectivity index (χ3v) is 16.1. The Kier molecular flexibility index (Phi) is 8.09. The number of allylic oxidation sites excluding steroid dienone is 2. The molecule has 0 amide bonds. The van der Waals surface area contributed by atoms with Crippen LogP contribution in [-0.4, -0.2) is 14.2 Å². The molecule has 1 aliphatic heterocycles. The van der Waals surface area contributed by atoms with E-state index in [1.807, 2.05) is 47.7 Å². The standard InChI is InChI=1S/C36H22N4O3S6/c1-41-22-10-20(8-18(14-37)15-38)44-30(22)24-12-26-32(46-24)28-34(48-26)35-29(43-36(28)6-4-3-5-7-36)33-27(49-35)13-25(47-33)31-23(42-2)11-21(45-31)9-19(16-39)17-40/h8-13H,3-7H2,1-2H3. The topological polar surface area (TPSA) is 123 Å². The van der Waals surface area contributed by atoms with Crippen molar-refractivity contribution in [3.8, 4) is 70.8 Å². The van der Waals surface area contributed by atoms with E-state index >= 15 is 0 Å². The third kappa shape index (κ3) is 5.18. The summed E-state index contributed by atoms with van der Waals surface area (Å²) in [6.45, 7) is 0. The van der Waals surface area contributed by atoms with Crippen LogP contribution in [0.25, 0.3) is 60.2 Å². The molecule has 49 heavy (non-hydrogen) atoms. The van der Waals surface area contributed by atoms with Gasteiger partial charge in [-0.1, -0.05) is 6.42 Å². The number of hydrogen-bond acceptors (Lipinski definition) is 13. The predicted molar refractivity (Wildman–Crippen MR) is 202 cm³/mol. The smallest absolute Gasteiger partial charge is 0.157 e. The molecule has 1 fully saturated rings. The molecule has 1 aliphatic carbocycles. The molecule has 6 aromatic heterocycles. The number of ether oxygens (including phenoxy) is 3. The van der Waals surface area contributed by atoms with Crippen LogP contribution in [0.2, 0.25) is 0 Å². The van der Waals surface area contributed by atoms with Gasteiger partial charge in [0.05, 0.1) is 57.6 Å². The van der Waals surface area contributed by atoms with E-state index in [1.165, 1.54) is 58.5 Å². The molecule has 13 heteroatoms. The lowest BCUT2D eigenvalue weighted by atomic mass is 9.78. The van der Waals surface area contributed by atoms with Crippen molar-refractivity contribution in [2.45, 2.75) is 37.7 Å². The maximum Gasteiger partial charge on any atom is 0.157 e. The fourth-order valence-corrected chi connectivity index (χ4v) is 14.4. The van der Waals surface area contributed by atoms with Crippen molar-refractivity contribution in [1.29, 1.82) is 21.0 Å². The molecule has 2 aliphatic rings. The number of hydrogen-bond donors (Lipinski definition) is 0. The number of nitrogens with zero attached hydrogens (tertiary/aromatic N) is 4. The Labute approximate surface area is 305 Å². The van der Waals surface area contributed by atoms with E-state index in [0.717, 1.165) is 76.9 Å². The molecule has 6 aromatic rings. The van der Waals surface area contributed by atoms with Crippen molar-refractivity contribution in [1.82, 2.24) is 0 Å². The summed E-state index contributed by atoms with van der Waals surface area (Å²) < 4.78 is 23.5. The molecule has 0 radical (unpaired) electrons. The number of rotatable bonds is 6. The van der Waals surface area contributed by atoms with Gasteiger partial charge in [0, 0.05) is 20.0 Å². The summed E-state index contributed by atoms with van der Waals surface area (Å²) in [5.41, 5.74) is 1.04. The van der Waals surface area contributed by atoms with Crippen LogP contribution in [0.3, 0.4) is 0 Å². The van der Waals surface area contributed by atoms with Gasteiger partial charge in [-0.25, -0.2) is 0 Å². The van der Waals surface area contributed by atoms with Crippen molar-refractivity contribution in [2.24, 2.45) is 0 Å². The molecule has 0 bridgehead atoms. The summed E-state index contributed by atoms with van der Waals surface area (Å²) in [5, 5.41) is 37.1. The van der Waals surface area contributed by atoms with Gasteiger partial charge in [0.1, 0.15) is 52.5 Å². The van der Waals surface area contributed by atoms with Crippen LogP contribution in [0.4, 0.5) is 0 Å². The van der Waals surface area contributed by atoms with Gasteiger partial charge in [0.2, 0.25) is 0 Å². The Balaban J connectivity index is 1.24. The van der Waals surface area contributed by atoms with Gasteiger partial charge in [-0.2, -0.15) is 21.0 Å². The van der Waals surface area contributed by atoms with Gasteiger partial charge >= 0.3 is 0 Å². The molecular formula is C36H22N4O3S6. The summed E-state index contributed by atoms with van der Waals surface area (Å²) in [7, 11) is 3.29. The summed E-state index contributed by atoms with van der Waals surface area (Å²) in [5.74, 6) is 2.43. The minimum Gasteiger partial charge on any atom is -0.495 e. The highest BCUT2D eigenvalue weighted by Crippen LogP contribution is 2.64. The van der Waals surface area contributed by atoms with Crippen molar-refractivity contribution < 1.29 is 14.2 Å². The molecule has 240 valence electrons. The Morgan fingerprint density at radius 2 is 1.16 bits per heavy atom. The van der Waals surface area contributed by atoms with Crippen molar-refractivity contribution >= 4 is 99.0 Å². The number of methoxy groups -OCH3 is 2. The van der Waals surface area contributed by atoms with Crippen LogP contribution >= 0.6 is 68.0 Å². The Hall–Kier alpha value is -4.44. The van der Waals surface area contributed by atoms with Crippen LogP contribution in [0.1, 0.15) is 47.4 Å². The number of fused-ring (bicyclic) bond motifs is 8. The quantitative estimate of drug-likeness (QED) is 0.155. The van der Waals surface area contributed by atoms with Crippen LogP contribution < -0.4 is 14.2 Å². The van der Waals surface area contributed by atoms with Gasteiger partial charge in [0.15, 0.2) is 5.75 Å². The average Bonchev–Trinajstić information content (AvgIpc) is 3.96. The minimum absolute atomic E-state index is 0.0582. The third-order valence-electron chi connectivity index (χ3n) is 8.68. The SMILES string of the molecule is COc1cc(C=C(C#N)C#N)sc1-c1cc2sc3c(c2s1)OC1(CCCCC1)c1c-3sc2cc(-c3sc(C=C(C#N)C#N)cc3OC)sc12. The molecule has 0 saturated heterocycles. The van der Waals surface area contributed by atoms with Crippen molar-refractivity contribution in [3.63, 3.8) is 0 Å². The van der Waals surface area contributed by atoms with Gasteiger partial charge in [-0.05, 0) is 62.1 Å². The molecule has 0 N–H and O–H groups in total. The van der Waals surface area contributed by atoms with Gasteiger partial charge in [0.25, 0.3) is 0 Å². The second-order valence-corrected chi connectivity index (χ2v) is 17.9. The minimum atomic E-state index is -0.398. The zero-order chi connectivity index (χ0) is 33.9. The first-order valence-electron chi connectivity index (χ1n) is 15.1. The lowest BCUT2D eigenvalue weighted by Crippen LogP contribution is -2.37. The maximum absolute atomic E-state index is 9.27. The summed E-state index contributed by atoms with van der Waals surface area (Å²) in [6.07, 6.45) is 8.55. The van der Waals surface area contributed by atoms with E-state index < -0.39 is 5.60 Å². The monoisotopic (exact) mass is 750 g/mol. The predicted octanol–water partition coefficient (Wildman–Crippen LogP) is 11.8. The highest BCUT2D eigenvalue weighted by Gasteiger charge is 2.46. The zero-order valence-corrected chi connectivity index (χ0v) is 30.9. The zero-order valence-electron chi connectivity index (χ0n) is 26.0. The highest BCUT2D eigenvalue weighted by atomic mass is 32.1. The molecule has 8 rings (SSSR count). The summed E-state index contributed by atoms with van der Waals surface area (Å²) in [4.78, 5) is 8.23. The number of nitriles is 4. The van der Waals surface area contributed by atoms with E-state index in [9.17, 15) is 21.0 Å². The first-order chi connectivity index (χ1) is 23.9. The van der Waals surface area contributed by atoms with Crippen LogP contribution in [-0.2, 0) is 5.60 Å². The second kappa shape index (κ2) is 12.5. The lowest BCUT2D eigenvalue weighted by Gasteiger charge is -2.40. The Morgan fingerprint density at radius 3 is 1.69 bits per heavy atom. The van der Waals surface area contributed by atoms with Crippen molar-refractivity contribution in [2.75, 3.05) is 14.2 Å². The first-order valence-corrected chi connectivity index (χ1v) is 20.0. The van der Waals surface area contributed by atoms with Crippen molar-refractivity contribution in [3.05, 3.63) is 50.7 Å². The van der Waals surface area contributed by atoms with E-state index in [-0.39, 0.29) is 11.1 Å². The molecule has 0 atom stereocenters. The Bertz CT molecular complexity index is 2520. The van der Waals surface area contributed by atoms with Gasteiger partial charge in [-0.15, -0.1) is 68.0 Å². The fourth-order valence-electron chi connectivity index (χ4n) is 6.55. The van der Waals surface area contributed by atoms with Gasteiger partial charge < -0.3 is 14.2 Å². The molecular weight excluding hydrogens is 729 g/mol. The van der Waals surface area contributed by atoms with E-state index in [4.69, 9.17) is 14.2 Å². The average molecular weight is 751 g/mol. The molecule has 7 heterocycles. The first kappa shape index (κ1) is 31.8. The summed E-state index contributed by atoms with van der Waals surface area (Å²) in [6, 6.07) is 16.0. The van der Waals surface area contributed by atoms with E-state index in [2.05, 4.69) is 12.1 Å². The largest absolute Gasteiger partial charge is 0.495 e. The fraction of sp³-hybridized carbons (Fsp3) is 0.222. The number of thiophene rings is 6. The molecule has 1 spiro atoms. The second-order valence-electron chi connectivity index (χ2n) is 11.5. The lowest BCUT2D eigenvalue weighted by molar-refractivity contribution is 0.0282. The maximum atomic E-state index is 9.27. The van der Waals surface area contributed by atoms with Gasteiger partial charge in [-0.3, -0.25) is 0 Å². The molecule has 0 aromatic carbocycles. The van der Waals surface area contributed by atoms with Crippen LogP contribution in [0.15, 0.2) is 35.4 Å². The van der Waals surface area contributed by atoms with Crippen LogP contribution in [0, 0.1) is 45.3 Å². The normalized spacial score (nSPS) is 14.2. The Morgan fingerprint density at radius 1 is 0.653 bits per heavy atom. The molecule has 1 saturated carbocycles. The summed E-state index contributed by atoms with van der Waals surface area (Å²) >= 11 is 10.1. The highest BCUT2D eigenvalue weighted by molar-refractivity contribution is 7.36. The molecule has 7 nitrogen and oxygen atoms in total. The van der Waals surface area contributed by atoms with E-state index in [0.29, 0.717) is 0 Å². The van der Waals surface area contributed by atoms with E-state index in [1.54, 1.807) is 60.4 Å².